The van der Waals surface area contributed by atoms with Gasteiger partial charge in [0.1, 0.15) is 6.04 Å². The van der Waals surface area contributed by atoms with Crippen molar-refractivity contribution in [2.75, 3.05) is 7.11 Å². The van der Waals surface area contributed by atoms with Gasteiger partial charge in [0, 0.05) is 0 Å². The Kier molecular flexibility index (Phi) is 7.42. The van der Waals surface area contributed by atoms with Gasteiger partial charge >= 0.3 is 5.97 Å². The standard InChI is InChI=1S/C22H27NO2/c1-17(2)16-21(22(24)25-3)23-20(19-12-8-5-9-13-19)15-14-18-10-6-4-7-11-18/h4-15,17,20-21,23H,16H2,1-3H3/b15-14+/t20-,21-/m0/s1. The maximum absolute atomic E-state index is 12.2. The quantitative estimate of drug-likeness (QED) is 0.714. The van der Waals surface area contributed by atoms with Gasteiger partial charge in [-0.15, -0.1) is 0 Å². The van der Waals surface area contributed by atoms with E-state index in [1.807, 2.05) is 36.4 Å². The van der Waals surface area contributed by atoms with Gasteiger partial charge in [-0.25, -0.2) is 0 Å². The van der Waals surface area contributed by atoms with E-state index in [4.69, 9.17) is 4.74 Å². The van der Waals surface area contributed by atoms with E-state index in [1.165, 1.54) is 7.11 Å². The summed E-state index contributed by atoms with van der Waals surface area (Å²) in [6.45, 7) is 4.21. The second kappa shape index (κ2) is 9.80. The summed E-state index contributed by atoms with van der Waals surface area (Å²) >= 11 is 0. The van der Waals surface area contributed by atoms with Gasteiger partial charge in [-0.3, -0.25) is 10.1 Å². The van der Waals surface area contributed by atoms with E-state index in [0.717, 1.165) is 17.5 Å². The Labute approximate surface area is 150 Å². The second-order valence-electron chi connectivity index (χ2n) is 6.53. The number of benzene rings is 2. The molecule has 0 fully saturated rings. The van der Waals surface area contributed by atoms with E-state index in [9.17, 15) is 4.79 Å². The van der Waals surface area contributed by atoms with Crippen LogP contribution in [-0.2, 0) is 9.53 Å². The van der Waals surface area contributed by atoms with E-state index in [0.29, 0.717) is 5.92 Å². The maximum atomic E-state index is 12.2. The number of ether oxygens (including phenoxy) is 1. The smallest absolute Gasteiger partial charge is 0.322 e. The molecule has 2 aromatic carbocycles. The van der Waals surface area contributed by atoms with Crippen molar-refractivity contribution in [3.05, 3.63) is 77.9 Å². The Hall–Kier alpha value is -2.39. The van der Waals surface area contributed by atoms with E-state index in [2.05, 4.69) is 55.6 Å². The molecular formula is C22H27NO2. The Morgan fingerprint density at radius 2 is 1.64 bits per heavy atom. The monoisotopic (exact) mass is 337 g/mol. The molecule has 0 heterocycles. The van der Waals surface area contributed by atoms with Crippen LogP contribution >= 0.6 is 0 Å². The molecule has 0 aliphatic carbocycles. The zero-order valence-electron chi connectivity index (χ0n) is 15.2. The first kappa shape index (κ1) is 18.9. The highest BCUT2D eigenvalue weighted by molar-refractivity contribution is 5.75. The minimum Gasteiger partial charge on any atom is -0.468 e. The van der Waals surface area contributed by atoms with Crippen molar-refractivity contribution >= 4 is 12.0 Å². The molecule has 1 N–H and O–H groups in total. The summed E-state index contributed by atoms with van der Waals surface area (Å²) in [5.41, 5.74) is 2.25. The Balaban J connectivity index is 2.24. The largest absolute Gasteiger partial charge is 0.468 e. The van der Waals surface area contributed by atoms with Crippen molar-refractivity contribution in [1.82, 2.24) is 5.32 Å². The van der Waals surface area contributed by atoms with Gasteiger partial charge in [-0.2, -0.15) is 0 Å². The Morgan fingerprint density at radius 3 is 2.20 bits per heavy atom. The minimum atomic E-state index is -0.337. The average molecular weight is 337 g/mol. The predicted octanol–water partition coefficient (Wildman–Crippen LogP) is 4.62. The van der Waals surface area contributed by atoms with Crippen LogP contribution in [0.25, 0.3) is 6.08 Å². The SMILES string of the molecule is COC(=O)[C@H](CC(C)C)N[C@@H](/C=C/c1ccccc1)c1ccccc1. The molecule has 2 aromatic rings. The molecule has 0 spiro atoms. The lowest BCUT2D eigenvalue weighted by atomic mass is 9.99. The van der Waals surface area contributed by atoms with Crippen molar-refractivity contribution in [3.8, 4) is 0 Å². The van der Waals surface area contributed by atoms with E-state index < -0.39 is 0 Å². The van der Waals surface area contributed by atoms with Crippen LogP contribution in [0.3, 0.4) is 0 Å². The molecule has 2 atom stereocenters. The lowest BCUT2D eigenvalue weighted by molar-refractivity contribution is -0.143. The molecule has 132 valence electrons. The van der Waals surface area contributed by atoms with Crippen LogP contribution in [0, 0.1) is 5.92 Å². The summed E-state index contributed by atoms with van der Waals surface area (Å²) in [4.78, 5) is 12.2. The van der Waals surface area contributed by atoms with Gasteiger partial charge in [0.05, 0.1) is 13.2 Å². The predicted molar refractivity (Wildman–Crippen MR) is 103 cm³/mol. The summed E-state index contributed by atoms with van der Waals surface area (Å²) in [5.74, 6) is 0.175. The number of rotatable bonds is 8. The minimum absolute atomic E-state index is 0.0655. The average Bonchev–Trinajstić information content (AvgIpc) is 2.64. The summed E-state index contributed by atoms with van der Waals surface area (Å²) in [7, 11) is 1.44. The topological polar surface area (TPSA) is 38.3 Å². The van der Waals surface area contributed by atoms with E-state index in [-0.39, 0.29) is 18.1 Å². The Morgan fingerprint density at radius 1 is 1.04 bits per heavy atom. The lowest BCUT2D eigenvalue weighted by Crippen LogP contribution is -2.40. The first-order valence-electron chi connectivity index (χ1n) is 8.72. The molecule has 25 heavy (non-hydrogen) atoms. The fraction of sp³-hybridized carbons (Fsp3) is 0.318. The van der Waals surface area contributed by atoms with Crippen LogP contribution in [0.1, 0.15) is 37.4 Å². The molecule has 0 amide bonds. The van der Waals surface area contributed by atoms with Crippen LogP contribution < -0.4 is 5.32 Å². The normalized spacial score (nSPS) is 13.8. The molecule has 0 saturated heterocycles. The van der Waals surface area contributed by atoms with Crippen molar-refractivity contribution in [1.29, 1.82) is 0 Å². The molecule has 0 aromatic heterocycles. The van der Waals surface area contributed by atoms with Crippen LogP contribution in [0.4, 0.5) is 0 Å². The van der Waals surface area contributed by atoms with Crippen molar-refractivity contribution in [3.63, 3.8) is 0 Å². The number of hydrogen-bond donors (Lipinski definition) is 1. The van der Waals surface area contributed by atoms with Crippen molar-refractivity contribution in [2.24, 2.45) is 5.92 Å². The number of hydrogen-bond acceptors (Lipinski definition) is 3. The highest BCUT2D eigenvalue weighted by atomic mass is 16.5. The van der Waals surface area contributed by atoms with E-state index >= 15 is 0 Å². The van der Waals surface area contributed by atoms with Crippen LogP contribution in [0.5, 0.6) is 0 Å². The first-order valence-corrected chi connectivity index (χ1v) is 8.72. The number of methoxy groups -OCH3 is 1. The lowest BCUT2D eigenvalue weighted by Gasteiger charge is -2.24. The zero-order chi connectivity index (χ0) is 18.1. The van der Waals surface area contributed by atoms with Crippen LogP contribution in [-0.4, -0.2) is 19.1 Å². The first-order chi connectivity index (χ1) is 12.1. The molecule has 3 nitrogen and oxygen atoms in total. The van der Waals surface area contributed by atoms with Gasteiger partial charge in [-0.05, 0) is 23.5 Å². The highest BCUT2D eigenvalue weighted by Crippen LogP contribution is 2.19. The summed E-state index contributed by atoms with van der Waals surface area (Å²) < 4.78 is 4.99. The van der Waals surface area contributed by atoms with Crippen LogP contribution in [0.2, 0.25) is 0 Å². The van der Waals surface area contributed by atoms with Gasteiger partial charge in [0.15, 0.2) is 0 Å². The van der Waals surface area contributed by atoms with Crippen LogP contribution in [0.15, 0.2) is 66.7 Å². The third-order valence-corrected chi connectivity index (χ3v) is 4.01. The fourth-order valence-corrected chi connectivity index (χ4v) is 2.76. The van der Waals surface area contributed by atoms with Crippen molar-refractivity contribution < 1.29 is 9.53 Å². The molecule has 2 rings (SSSR count). The third kappa shape index (κ3) is 6.20. The molecule has 0 aliphatic rings. The summed E-state index contributed by atoms with van der Waals surface area (Å²) in [5, 5.41) is 3.46. The van der Waals surface area contributed by atoms with Gasteiger partial charge in [0.25, 0.3) is 0 Å². The zero-order valence-corrected chi connectivity index (χ0v) is 15.2. The number of nitrogens with one attached hydrogen (secondary N) is 1. The second-order valence-corrected chi connectivity index (χ2v) is 6.53. The number of esters is 1. The van der Waals surface area contributed by atoms with Crippen molar-refractivity contribution in [2.45, 2.75) is 32.4 Å². The molecule has 3 heteroatoms. The van der Waals surface area contributed by atoms with Gasteiger partial charge in [-0.1, -0.05) is 86.7 Å². The maximum Gasteiger partial charge on any atom is 0.322 e. The fourth-order valence-electron chi connectivity index (χ4n) is 2.76. The summed E-state index contributed by atoms with van der Waals surface area (Å²) in [6.07, 6.45) is 4.91. The highest BCUT2D eigenvalue weighted by Gasteiger charge is 2.23. The molecule has 0 unspecified atom stereocenters. The molecule has 0 saturated carbocycles. The molecule has 0 radical (unpaired) electrons. The molecule has 0 aliphatic heterocycles. The van der Waals surface area contributed by atoms with E-state index in [1.54, 1.807) is 0 Å². The summed E-state index contributed by atoms with van der Waals surface area (Å²) in [6, 6.07) is 19.9. The van der Waals surface area contributed by atoms with Gasteiger partial charge in [0.2, 0.25) is 0 Å². The molecule has 0 bridgehead atoms. The Bertz CT molecular complexity index is 665. The molecular weight excluding hydrogens is 310 g/mol. The third-order valence-electron chi connectivity index (χ3n) is 4.01. The number of carbonyl (C=O) groups excluding carboxylic acids is 1. The van der Waals surface area contributed by atoms with Gasteiger partial charge < -0.3 is 4.74 Å². The number of carbonyl (C=O) groups is 1.